The predicted molar refractivity (Wildman–Crippen MR) is 84.4 cm³/mol. The number of aliphatic carboxylic acids is 1. The number of hydrogen-bond acceptors (Lipinski definition) is 6. The topological polar surface area (TPSA) is 113 Å². The van der Waals surface area contributed by atoms with E-state index in [1.807, 2.05) is 0 Å². The zero-order valence-electron chi connectivity index (χ0n) is 12.3. The maximum absolute atomic E-state index is 12.1. The molecule has 0 saturated carbocycles. The van der Waals surface area contributed by atoms with Crippen LogP contribution in [-0.4, -0.2) is 45.1 Å². The summed E-state index contributed by atoms with van der Waals surface area (Å²) in [7, 11) is 0. The number of nitrogens with zero attached hydrogens (tertiary/aromatic N) is 1. The minimum Gasteiger partial charge on any atom is -0.486 e. The van der Waals surface area contributed by atoms with Crippen molar-refractivity contribution in [2.75, 3.05) is 12.3 Å². The number of nitrogen functional groups attached to an aromatic ring is 1. The molecule has 2 heterocycles. The van der Waals surface area contributed by atoms with Crippen LogP contribution in [0.25, 0.3) is 0 Å². The summed E-state index contributed by atoms with van der Waals surface area (Å²) >= 11 is 1.24. The molecule has 1 fully saturated rings. The normalized spacial score (nSPS) is 24.3. The van der Waals surface area contributed by atoms with Crippen molar-refractivity contribution < 1.29 is 24.5 Å². The molecule has 1 aromatic carbocycles. The second kappa shape index (κ2) is 5.78. The highest BCUT2D eigenvalue weighted by molar-refractivity contribution is 8.04. The van der Waals surface area contributed by atoms with E-state index in [2.05, 4.69) is 0 Å². The van der Waals surface area contributed by atoms with Crippen LogP contribution in [0.1, 0.15) is 6.92 Å². The van der Waals surface area contributed by atoms with Gasteiger partial charge in [-0.1, -0.05) is 23.9 Å². The van der Waals surface area contributed by atoms with Crippen LogP contribution in [0, 0.1) is 5.92 Å². The number of rotatable bonds is 5. The van der Waals surface area contributed by atoms with Gasteiger partial charge in [0.2, 0.25) is 5.91 Å². The Hall–Kier alpha value is -2.19. The molecule has 0 aromatic heterocycles. The highest BCUT2D eigenvalue weighted by Crippen LogP contribution is 2.50. The van der Waals surface area contributed by atoms with E-state index in [-0.39, 0.29) is 23.6 Å². The van der Waals surface area contributed by atoms with Crippen LogP contribution >= 0.6 is 11.8 Å². The molecule has 3 rings (SSSR count). The van der Waals surface area contributed by atoms with Crippen molar-refractivity contribution in [1.29, 1.82) is 0 Å². The number of anilines is 1. The first-order chi connectivity index (χ1) is 10.9. The second-order valence-corrected chi connectivity index (χ2v) is 6.60. The van der Waals surface area contributed by atoms with Crippen molar-refractivity contribution in [1.82, 2.24) is 4.90 Å². The molecule has 3 atom stereocenters. The average molecular weight is 336 g/mol. The quantitative estimate of drug-likeness (QED) is 0.540. The van der Waals surface area contributed by atoms with Gasteiger partial charge < -0.3 is 20.7 Å². The molecular weight excluding hydrogens is 320 g/mol. The number of aliphatic hydroxyl groups excluding tert-OH is 1. The molecule has 0 aliphatic carbocycles. The number of β-lactam (4-membered cyclic amide) rings is 1. The fraction of sp³-hybridized carbons (Fsp3) is 0.333. The number of ether oxygens (including phenoxy) is 1. The van der Waals surface area contributed by atoms with E-state index >= 15 is 0 Å². The maximum Gasteiger partial charge on any atom is 0.353 e. The lowest BCUT2D eigenvalue weighted by Crippen LogP contribution is -2.60. The largest absolute Gasteiger partial charge is 0.486 e. The molecule has 2 aliphatic heterocycles. The molecular formula is C15H16N2O5S. The van der Waals surface area contributed by atoms with E-state index < -0.39 is 18.0 Å². The number of para-hydroxylation sites is 2. The van der Waals surface area contributed by atoms with E-state index in [1.54, 1.807) is 24.3 Å². The number of fused-ring (bicyclic) bond motifs is 1. The fourth-order valence-electron chi connectivity index (χ4n) is 2.71. The molecule has 23 heavy (non-hydrogen) atoms. The van der Waals surface area contributed by atoms with E-state index in [1.165, 1.54) is 23.6 Å². The highest BCUT2D eigenvalue weighted by Gasteiger charge is 2.57. The van der Waals surface area contributed by atoms with Crippen LogP contribution < -0.4 is 10.5 Å². The molecule has 8 heteroatoms. The van der Waals surface area contributed by atoms with Gasteiger partial charge in [0.15, 0.2) is 0 Å². The number of carboxylic acids is 1. The van der Waals surface area contributed by atoms with Gasteiger partial charge in [0.05, 0.1) is 22.6 Å². The van der Waals surface area contributed by atoms with Gasteiger partial charge in [0.25, 0.3) is 0 Å². The van der Waals surface area contributed by atoms with Crippen molar-refractivity contribution in [3.63, 3.8) is 0 Å². The Morgan fingerprint density at radius 1 is 1.48 bits per heavy atom. The second-order valence-electron chi connectivity index (χ2n) is 5.39. The van der Waals surface area contributed by atoms with Gasteiger partial charge in [-0.2, -0.15) is 0 Å². The number of aliphatic hydroxyl groups is 1. The van der Waals surface area contributed by atoms with Crippen molar-refractivity contribution >= 4 is 29.3 Å². The average Bonchev–Trinajstić information content (AvgIpc) is 2.80. The van der Waals surface area contributed by atoms with Gasteiger partial charge in [0, 0.05) is 0 Å². The Morgan fingerprint density at radius 3 is 2.78 bits per heavy atom. The number of carbonyl (C=O) groups is 2. The van der Waals surface area contributed by atoms with Gasteiger partial charge in [-0.3, -0.25) is 9.69 Å². The number of hydrogen-bond donors (Lipinski definition) is 3. The van der Waals surface area contributed by atoms with Gasteiger partial charge in [0.1, 0.15) is 23.4 Å². The van der Waals surface area contributed by atoms with E-state index in [9.17, 15) is 19.8 Å². The van der Waals surface area contributed by atoms with Crippen molar-refractivity contribution in [3.05, 3.63) is 34.9 Å². The summed E-state index contributed by atoms with van der Waals surface area (Å²) in [4.78, 5) is 25.2. The Balaban J connectivity index is 1.80. The number of carboxylic acid groups (broad SMARTS) is 1. The molecule has 7 nitrogen and oxygen atoms in total. The summed E-state index contributed by atoms with van der Waals surface area (Å²) in [5, 5.41) is 18.7. The van der Waals surface area contributed by atoms with Crippen LogP contribution in [0.5, 0.6) is 5.75 Å². The van der Waals surface area contributed by atoms with Crippen molar-refractivity contribution in [2.24, 2.45) is 5.92 Å². The van der Waals surface area contributed by atoms with Crippen LogP contribution in [-0.2, 0) is 9.59 Å². The van der Waals surface area contributed by atoms with Crippen molar-refractivity contribution in [2.45, 2.75) is 18.4 Å². The molecule has 0 radical (unpaired) electrons. The summed E-state index contributed by atoms with van der Waals surface area (Å²) in [5.41, 5.74) is 6.17. The Morgan fingerprint density at radius 2 is 2.17 bits per heavy atom. The molecule has 0 bridgehead atoms. The van der Waals surface area contributed by atoms with Crippen LogP contribution in [0.2, 0.25) is 0 Å². The van der Waals surface area contributed by atoms with Crippen LogP contribution in [0.15, 0.2) is 34.9 Å². The van der Waals surface area contributed by atoms with Gasteiger partial charge >= 0.3 is 5.97 Å². The zero-order chi connectivity index (χ0) is 16.7. The molecule has 1 aromatic rings. The molecule has 1 saturated heterocycles. The molecule has 0 unspecified atom stereocenters. The Kier molecular flexibility index (Phi) is 3.95. The number of amides is 1. The minimum absolute atomic E-state index is 0.00726. The SMILES string of the molecule is C[C@@H](O)[C@H]1C(=O)N2C(C(=O)O)=C(COc3ccccc3N)S[C@H]12. The van der Waals surface area contributed by atoms with E-state index in [0.717, 1.165) is 0 Å². The summed E-state index contributed by atoms with van der Waals surface area (Å²) in [6, 6.07) is 6.91. The number of carbonyl (C=O) groups excluding carboxylic acids is 1. The summed E-state index contributed by atoms with van der Waals surface area (Å²) in [6.07, 6.45) is -0.823. The summed E-state index contributed by atoms with van der Waals surface area (Å²) in [6.45, 7) is 1.54. The third-order valence-corrected chi connectivity index (χ3v) is 5.19. The summed E-state index contributed by atoms with van der Waals surface area (Å²) < 4.78 is 5.59. The lowest BCUT2D eigenvalue weighted by Gasteiger charge is -2.43. The first-order valence-electron chi connectivity index (χ1n) is 7.03. The number of benzene rings is 1. The minimum atomic E-state index is -1.18. The molecule has 122 valence electrons. The molecule has 0 spiro atoms. The first kappa shape index (κ1) is 15.7. The smallest absolute Gasteiger partial charge is 0.353 e. The van der Waals surface area contributed by atoms with Crippen LogP contribution in [0.3, 0.4) is 0 Å². The Bertz CT molecular complexity index is 703. The lowest BCUT2D eigenvalue weighted by atomic mass is 9.92. The van der Waals surface area contributed by atoms with Gasteiger partial charge in [-0.05, 0) is 19.1 Å². The lowest BCUT2D eigenvalue weighted by molar-refractivity contribution is -0.156. The summed E-state index contributed by atoms with van der Waals surface area (Å²) in [5.74, 6) is -1.69. The zero-order valence-corrected chi connectivity index (χ0v) is 13.1. The number of nitrogens with two attached hydrogens (primary N) is 1. The molecule has 1 amide bonds. The molecule has 4 N–H and O–H groups in total. The van der Waals surface area contributed by atoms with Crippen LogP contribution in [0.4, 0.5) is 5.69 Å². The third kappa shape index (κ3) is 2.53. The van der Waals surface area contributed by atoms with Gasteiger partial charge in [-0.25, -0.2) is 4.79 Å². The van der Waals surface area contributed by atoms with E-state index in [0.29, 0.717) is 16.3 Å². The predicted octanol–water partition coefficient (Wildman–Crippen LogP) is 0.856. The third-order valence-electron chi connectivity index (χ3n) is 3.85. The van der Waals surface area contributed by atoms with E-state index in [4.69, 9.17) is 10.5 Å². The monoisotopic (exact) mass is 336 g/mol. The molecule has 2 aliphatic rings. The fourth-order valence-corrected chi connectivity index (χ4v) is 4.23. The Labute approximate surface area is 136 Å². The number of thioether (sulfide) groups is 1. The first-order valence-corrected chi connectivity index (χ1v) is 7.91. The highest BCUT2D eigenvalue weighted by atomic mass is 32.2. The van der Waals surface area contributed by atoms with Crippen molar-refractivity contribution in [3.8, 4) is 5.75 Å². The maximum atomic E-state index is 12.1. The van der Waals surface area contributed by atoms with Gasteiger partial charge in [-0.15, -0.1) is 0 Å². The standard InChI is InChI=1S/C15H16N2O5S/c1-7(18)11-13(19)17-12(15(20)21)10(23-14(11)17)6-22-9-5-3-2-4-8(9)16/h2-5,7,11,14,18H,6,16H2,1H3,(H,20,21)/t7-,11+,14-/m1/s1.